The van der Waals surface area contributed by atoms with Gasteiger partial charge in [-0.15, -0.1) is 0 Å². The molecule has 1 atom stereocenters. The van der Waals surface area contributed by atoms with E-state index in [0.717, 1.165) is 0 Å². The van der Waals surface area contributed by atoms with Gasteiger partial charge in [0.25, 0.3) is 5.56 Å². The Labute approximate surface area is 208 Å². The van der Waals surface area contributed by atoms with E-state index < -0.39 is 33.2 Å². The Kier molecular flexibility index (Phi) is 6.84. The van der Waals surface area contributed by atoms with E-state index >= 15 is 0 Å². The number of sulfonamides is 1. The smallest absolute Gasteiger partial charge is 0.407 e. The molecule has 1 aromatic carbocycles. The summed E-state index contributed by atoms with van der Waals surface area (Å²) in [5.74, 6) is -0.598. The largest absolute Gasteiger partial charge is 0.462 e. The summed E-state index contributed by atoms with van der Waals surface area (Å²) in [6, 6.07) is 3.98. The highest BCUT2D eigenvalue weighted by atomic mass is 32.2. The number of esters is 1. The Morgan fingerprint density at radius 2 is 2.00 bits per heavy atom. The van der Waals surface area contributed by atoms with Crippen LogP contribution in [0.1, 0.15) is 50.9 Å². The van der Waals surface area contributed by atoms with Gasteiger partial charge >= 0.3 is 12.1 Å². The van der Waals surface area contributed by atoms with E-state index in [4.69, 9.17) is 9.47 Å². The molecule has 0 unspecified atom stereocenters. The van der Waals surface area contributed by atoms with Gasteiger partial charge in [0.1, 0.15) is 11.1 Å². The molecule has 0 bridgehead atoms. The van der Waals surface area contributed by atoms with Crippen molar-refractivity contribution in [2.75, 3.05) is 19.7 Å². The van der Waals surface area contributed by atoms with Gasteiger partial charge in [0.2, 0.25) is 10.0 Å². The average molecular weight is 519 g/mol. The van der Waals surface area contributed by atoms with Crippen LogP contribution in [0.3, 0.4) is 0 Å². The summed E-state index contributed by atoms with van der Waals surface area (Å²) in [6.45, 7) is 7.66. The van der Waals surface area contributed by atoms with Crippen molar-refractivity contribution < 1.29 is 27.5 Å². The molecule has 11 nitrogen and oxygen atoms in total. The maximum atomic E-state index is 13.5. The van der Waals surface area contributed by atoms with Crippen LogP contribution in [0.25, 0.3) is 21.8 Å². The number of aromatic nitrogens is 2. The molecule has 12 heteroatoms. The molecule has 0 radical (unpaired) electrons. The molecule has 194 valence electrons. The second-order valence-electron chi connectivity index (χ2n) is 9.74. The van der Waals surface area contributed by atoms with Gasteiger partial charge in [-0.3, -0.25) is 4.79 Å². The Balaban J connectivity index is 1.66. The lowest BCUT2D eigenvalue weighted by molar-refractivity contribution is 0.0497. The molecule has 3 N–H and O–H groups in total. The number of benzene rings is 1. The molecule has 1 fully saturated rings. The van der Waals surface area contributed by atoms with Crippen LogP contribution in [0.2, 0.25) is 0 Å². The number of pyridine rings is 1. The van der Waals surface area contributed by atoms with Gasteiger partial charge < -0.3 is 24.8 Å². The van der Waals surface area contributed by atoms with E-state index in [1.807, 2.05) is 6.92 Å². The Morgan fingerprint density at radius 3 is 2.69 bits per heavy atom. The van der Waals surface area contributed by atoms with Crippen LogP contribution in [0, 0.1) is 0 Å². The van der Waals surface area contributed by atoms with Gasteiger partial charge in [-0.2, -0.15) is 4.31 Å². The summed E-state index contributed by atoms with van der Waals surface area (Å²) in [6.07, 6.45) is 1.87. The molecule has 1 amide bonds. The first kappa shape index (κ1) is 25.7. The zero-order valence-electron chi connectivity index (χ0n) is 20.6. The van der Waals surface area contributed by atoms with Crippen molar-refractivity contribution in [2.45, 2.75) is 57.1 Å². The average Bonchev–Trinajstić information content (AvgIpc) is 3.44. The number of rotatable bonds is 6. The van der Waals surface area contributed by atoms with Crippen LogP contribution in [0.15, 0.2) is 34.1 Å². The van der Waals surface area contributed by atoms with E-state index in [-0.39, 0.29) is 41.7 Å². The fourth-order valence-corrected chi connectivity index (χ4v) is 5.71. The van der Waals surface area contributed by atoms with Crippen LogP contribution < -0.4 is 10.9 Å². The number of nitrogens with zero attached hydrogens (tertiary/aromatic N) is 1. The van der Waals surface area contributed by atoms with Gasteiger partial charge in [0, 0.05) is 41.6 Å². The second kappa shape index (κ2) is 9.58. The minimum atomic E-state index is -3.92. The zero-order chi connectivity index (χ0) is 26.3. The summed E-state index contributed by atoms with van der Waals surface area (Å²) in [4.78, 5) is 42.8. The van der Waals surface area contributed by atoms with Crippen molar-refractivity contribution in [3.8, 4) is 0 Å². The summed E-state index contributed by atoms with van der Waals surface area (Å²) < 4.78 is 38.7. The molecule has 3 heterocycles. The number of fused-ring (bicyclic) bond motifs is 3. The van der Waals surface area contributed by atoms with Gasteiger partial charge in [-0.05, 0) is 51.8 Å². The monoisotopic (exact) mass is 518 g/mol. The maximum Gasteiger partial charge on any atom is 0.407 e. The molecule has 4 rings (SSSR count). The third-order valence-electron chi connectivity index (χ3n) is 5.78. The Morgan fingerprint density at radius 1 is 1.25 bits per heavy atom. The topological polar surface area (TPSA) is 151 Å². The summed E-state index contributed by atoms with van der Waals surface area (Å²) in [7, 11) is -3.92. The quantitative estimate of drug-likeness (QED) is 0.425. The van der Waals surface area contributed by atoms with Crippen molar-refractivity contribution >= 4 is 43.9 Å². The van der Waals surface area contributed by atoms with Crippen LogP contribution in [0.5, 0.6) is 0 Å². The number of ether oxygens (including phenoxy) is 2. The fourth-order valence-electron chi connectivity index (χ4n) is 4.19. The molecule has 2 aromatic heterocycles. The fraction of sp³-hybridized carbons (Fsp3) is 0.458. The third kappa shape index (κ3) is 5.09. The first-order valence-electron chi connectivity index (χ1n) is 11.7. The molecule has 1 aliphatic rings. The number of aromatic amines is 2. The van der Waals surface area contributed by atoms with E-state index in [9.17, 15) is 22.8 Å². The second-order valence-corrected chi connectivity index (χ2v) is 11.7. The van der Waals surface area contributed by atoms with Crippen molar-refractivity contribution in [2.24, 2.45) is 0 Å². The van der Waals surface area contributed by atoms with E-state index in [0.29, 0.717) is 29.1 Å². The van der Waals surface area contributed by atoms with Gasteiger partial charge in [-0.1, -0.05) is 6.92 Å². The molecule has 0 saturated carbocycles. The van der Waals surface area contributed by atoms with Crippen molar-refractivity contribution in [1.29, 1.82) is 0 Å². The number of amides is 1. The molecule has 3 aromatic rings. The van der Waals surface area contributed by atoms with Gasteiger partial charge in [-0.25, -0.2) is 18.0 Å². The van der Waals surface area contributed by atoms with E-state index in [1.165, 1.54) is 28.7 Å². The SMILES string of the molecule is CCCOC(=O)c1c[nH]c2c(=O)[nH]c3ccc(S(=O)(=O)N4CC[C@@H](NC(=O)OC(C)(C)C)C4)cc3c12. The van der Waals surface area contributed by atoms with Gasteiger partial charge in [0.15, 0.2) is 0 Å². The molecular formula is C24H30N4O7S. The number of hydrogen-bond acceptors (Lipinski definition) is 7. The number of alkyl carbamates (subject to hydrolysis) is 1. The zero-order valence-corrected chi connectivity index (χ0v) is 21.5. The number of carbonyl (C=O) groups is 2. The van der Waals surface area contributed by atoms with E-state index in [1.54, 1.807) is 20.8 Å². The Bertz CT molecular complexity index is 1480. The minimum absolute atomic E-state index is 0.00958. The maximum absolute atomic E-state index is 13.5. The molecular weight excluding hydrogens is 488 g/mol. The number of nitrogens with one attached hydrogen (secondary N) is 3. The lowest BCUT2D eigenvalue weighted by Crippen LogP contribution is -2.41. The third-order valence-corrected chi connectivity index (χ3v) is 7.64. The van der Waals surface area contributed by atoms with Crippen molar-refractivity contribution in [1.82, 2.24) is 19.6 Å². The highest BCUT2D eigenvalue weighted by molar-refractivity contribution is 7.89. The Hall–Kier alpha value is -3.38. The minimum Gasteiger partial charge on any atom is -0.462 e. The first-order valence-corrected chi connectivity index (χ1v) is 13.2. The van der Waals surface area contributed by atoms with Crippen molar-refractivity contribution in [3.63, 3.8) is 0 Å². The summed E-state index contributed by atoms with van der Waals surface area (Å²) >= 11 is 0. The van der Waals surface area contributed by atoms with Crippen LogP contribution >= 0.6 is 0 Å². The number of H-pyrrole nitrogens is 2. The van der Waals surface area contributed by atoms with Crippen LogP contribution in [-0.2, 0) is 19.5 Å². The van der Waals surface area contributed by atoms with Gasteiger partial charge in [0.05, 0.1) is 17.1 Å². The highest BCUT2D eigenvalue weighted by Gasteiger charge is 2.34. The summed E-state index contributed by atoms with van der Waals surface area (Å²) in [5, 5.41) is 3.42. The summed E-state index contributed by atoms with van der Waals surface area (Å²) in [5.41, 5.74) is -0.388. The lowest BCUT2D eigenvalue weighted by Gasteiger charge is -2.22. The molecule has 1 saturated heterocycles. The van der Waals surface area contributed by atoms with Crippen LogP contribution in [0.4, 0.5) is 4.79 Å². The van der Waals surface area contributed by atoms with Crippen molar-refractivity contribution in [3.05, 3.63) is 40.3 Å². The standard InChI is InChI=1S/C24H30N4O7S/c1-5-10-34-22(30)17-12-25-20-19(17)16-11-15(6-7-18(16)27-21(20)29)36(32,33)28-9-8-14(13-28)26-23(31)35-24(2,3)4/h6-7,11-12,14,25H,5,8-10,13H2,1-4H3,(H,26,31)(H,27,29)/t14-/m1/s1. The van der Waals surface area contributed by atoms with Crippen LogP contribution in [-0.4, -0.2) is 66.1 Å². The molecule has 0 spiro atoms. The molecule has 0 aliphatic carbocycles. The highest BCUT2D eigenvalue weighted by Crippen LogP contribution is 2.29. The first-order chi connectivity index (χ1) is 16.9. The normalized spacial score (nSPS) is 16.9. The predicted molar refractivity (Wildman–Crippen MR) is 134 cm³/mol. The van der Waals surface area contributed by atoms with E-state index in [2.05, 4.69) is 15.3 Å². The molecule has 36 heavy (non-hydrogen) atoms. The molecule has 1 aliphatic heterocycles. The number of carbonyl (C=O) groups excluding carboxylic acids is 2. The number of hydrogen-bond donors (Lipinski definition) is 3. The lowest BCUT2D eigenvalue weighted by atomic mass is 10.1. The predicted octanol–water partition coefficient (Wildman–Crippen LogP) is 2.86.